The topological polar surface area (TPSA) is 59.8 Å². The predicted octanol–water partition coefficient (Wildman–Crippen LogP) is 0.454. The molecular formula is C13H19N2O3S+. The van der Waals surface area contributed by atoms with Gasteiger partial charge in [-0.25, -0.2) is 4.79 Å². The standard InChI is InChI=1S/C13H18N2O3S/c1-4-18-13(17)11-9-5-6-15(3)7-10(9)19-12(11)14-8(2)16/h4-7H2,1-3H3,(H,14,16)/p+1. The number of quaternary nitrogens is 1. The average Bonchev–Trinajstić information content (AvgIpc) is 2.65. The maximum atomic E-state index is 12.1. The van der Waals surface area contributed by atoms with Gasteiger partial charge in [0.15, 0.2) is 0 Å². The molecule has 2 rings (SSSR count). The highest BCUT2D eigenvalue weighted by atomic mass is 32.1. The zero-order chi connectivity index (χ0) is 14.0. The van der Waals surface area contributed by atoms with E-state index in [0.29, 0.717) is 17.2 Å². The van der Waals surface area contributed by atoms with Gasteiger partial charge in [0.1, 0.15) is 11.5 Å². The van der Waals surface area contributed by atoms with Gasteiger partial charge in [-0.05, 0) is 12.5 Å². The molecule has 1 amide bonds. The monoisotopic (exact) mass is 283 g/mol. The van der Waals surface area contributed by atoms with E-state index in [0.717, 1.165) is 25.1 Å². The Labute approximate surface area is 116 Å². The highest BCUT2D eigenvalue weighted by molar-refractivity contribution is 7.16. The van der Waals surface area contributed by atoms with E-state index < -0.39 is 0 Å². The first-order valence-corrected chi connectivity index (χ1v) is 7.25. The van der Waals surface area contributed by atoms with E-state index in [1.54, 1.807) is 6.92 Å². The van der Waals surface area contributed by atoms with Crippen molar-refractivity contribution in [1.29, 1.82) is 0 Å². The largest absolute Gasteiger partial charge is 0.462 e. The molecule has 0 bridgehead atoms. The molecule has 0 aliphatic carbocycles. The Balaban J connectivity index is 2.41. The Morgan fingerprint density at radius 1 is 1.47 bits per heavy atom. The smallest absolute Gasteiger partial charge is 0.341 e. The van der Waals surface area contributed by atoms with Crippen LogP contribution < -0.4 is 10.2 Å². The van der Waals surface area contributed by atoms with Gasteiger partial charge in [-0.2, -0.15) is 0 Å². The highest BCUT2D eigenvalue weighted by Crippen LogP contribution is 2.35. The van der Waals surface area contributed by atoms with Crippen LogP contribution in [0.3, 0.4) is 0 Å². The number of carbonyl (C=O) groups excluding carboxylic acids is 2. The number of hydrogen-bond acceptors (Lipinski definition) is 4. The van der Waals surface area contributed by atoms with Gasteiger partial charge >= 0.3 is 5.97 Å². The van der Waals surface area contributed by atoms with Crippen LogP contribution in [0.1, 0.15) is 34.6 Å². The number of ether oxygens (including phenoxy) is 1. The minimum Gasteiger partial charge on any atom is -0.462 e. The maximum Gasteiger partial charge on any atom is 0.341 e. The number of anilines is 1. The van der Waals surface area contributed by atoms with Crippen LogP contribution in [-0.4, -0.2) is 32.1 Å². The van der Waals surface area contributed by atoms with E-state index >= 15 is 0 Å². The average molecular weight is 283 g/mol. The van der Waals surface area contributed by atoms with Gasteiger partial charge in [-0.3, -0.25) is 4.79 Å². The van der Waals surface area contributed by atoms with Gasteiger partial charge in [-0.1, -0.05) is 0 Å². The lowest BCUT2D eigenvalue weighted by molar-refractivity contribution is -0.895. The Morgan fingerprint density at radius 2 is 2.21 bits per heavy atom. The molecule has 1 aromatic rings. The Hall–Kier alpha value is -1.40. The summed E-state index contributed by atoms with van der Waals surface area (Å²) in [6, 6.07) is 0. The first-order valence-electron chi connectivity index (χ1n) is 6.43. The number of likely N-dealkylation sites (N-methyl/N-ethyl adjacent to an activating group) is 1. The molecule has 0 aromatic carbocycles. The quantitative estimate of drug-likeness (QED) is 0.792. The Morgan fingerprint density at radius 3 is 2.84 bits per heavy atom. The van der Waals surface area contributed by atoms with E-state index in [1.165, 1.54) is 28.0 Å². The van der Waals surface area contributed by atoms with Gasteiger partial charge in [0.2, 0.25) is 5.91 Å². The predicted molar refractivity (Wildman–Crippen MR) is 73.7 cm³/mol. The zero-order valence-corrected chi connectivity index (χ0v) is 12.3. The van der Waals surface area contributed by atoms with Crippen LogP contribution in [0, 0.1) is 0 Å². The molecule has 0 fully saturated rings. The highest BCUT2D eigenvalue weighted by Gasteiger charge is 2.29. The number of thiophene rings is 1. The van der Waals surface area contributed by atoms with E-state index in [2.05, 4.69) is 12.4 Å². The molecule has 1 unspecified atom stereocenters. The van der Waals surface area contributed by atoms with Crippen LogP contribution in [0.5, 0.6) is 0 Å². The number of hydrogen-bond donors (Lipinski definition) is 2. The maximum absolute atomic E-state index is 12.1. The molecule has 1 atom stereocenters. The van der Waals surface area contributed by atoms with Crippen molar-refractivity contribution in [3.05, 3.63) is 16.0 Å². The molecule has 104 valence electrons. The van der Waals surface area contributed by atoms with E-state index in [1.807, 2.05) is 0 Å². The van der Waals surface area contributed by atoms with Crippen molar-refractivity contribution in [3.63, 3.8) is 0 Å². The lowest BCUT2D eigenvalue weighted by atomic mass is 10.0. The van der Waals surface area contributed by atoms with Gasteiger partial charge in [0.05, 0.1) is 30.6 Å². The summed E-state index contributed by atoms with van der Waals surface area (Å²) >= 11 is 1.49. The molecule has 5 nitrogen and oxygen atoms in total. The normalized spacial score (nSPS) is 17.7. The number of esters is 1. The first-order chi connectivity index (χ1) is 9.02. The van der Waals surface area contributed by atoms with Crippen molar-refractivity contribution < 1.29 is 19.2 Å². The summed E-state index contributed by atoms with van der Waals surface area (Å²) in [6.07, 6.45) is 0.853. The number of nitrogens with one attached hydrogen (secondary N) is 2. The van der Waals surface area contributed by atoms with Crippen LogP contribution in [0.15, 0.2) is 0 Å². The minimum atomic E-state index is -0.330. The molecule has 0 spiro atoms. The van der Waals surface area contributed by atoms with Crippen LogP contribution in [0.2, 0.25) is 0 Å². The molecule has 0 saturated heterocycles. The number of rotatable bonds is 3. The molecule has 6 heteroatoms. The summed E-state index contributed by atoms with van der Waals surface area (Å²) in [7, 11) is 2.13. The summed E-state index contributed by atoms with van der Waals surface area (Å²) in [6.45, 7) is 5.47. The molecular weight excluding hydrogens is 264 g/mol. The van der Waals surface area contributed by atoms with Gasteiger partial charge in [0, 0.05) is 13.3 Å². The fraction of sp³-hybridized carbons (Fsp3) is 0.538. The lowest BCUT2D eigenvalue weighted by Crippen LogP contribution is -3.08. The molecule has 19 heavy (non-hydrogen) atoms. The third-order valence-electron chi connectivity index (χ3n) is 3.12. The Bertz CT molecular complexity index is 510. The zero-order valence-electron chi connectivity index (χ0n) is 11.5. The number of fused-ring (bicyclic) bond motifs is 1. The van der Waals surface area contributed by atoms with Crippen LogP contribution in [0.25, 0.3) is 0 Å². The molecule has 1 aliphatic heterocycles. The molecule has 1 aliphatic rings. The van der Waals surface area contributed by atoms with Crippen molar-refractivity contribution in [2.24, 2.45) is 0 Å². The second kappa shape index (κ2) is 5.71. The van der Waals surface area contributed by atoms with Crippen molar-refractivity contribution in [2.45, 2.75) is 26.8 Å². The third kappa shape index (κ3) is 2.96. The summed E-state index contributed by atoms with van der Waals surface area (Å²) in [5.41, 5.74) is 1.61. The number of amides is 1. The fourth-order valence-corrected chi connectivity index (χ4v) is 3.68. The van der Waals surface area contributed by atoms with Crippen molar-refractivity contribution in [1.82, 2.24) is 0 Å². The van der Waals surface area contributed by atoms with E-state index in [4.69, 9.17) is 4.74 Å². The molecule has 0 saturated carbocycles. The van der Waals surface area contributed by atoms with Crippen molar-refractivity contribution >= 4 is 28.2 Å². The minimum absolute atomic E-state index is 0.162. The summed E-state index contributed by atoms with van der Waals surface area (Å²) in [5, 5.41) is 3.38. The fourth-order valence-electron chi connectivity index (χ4n) is 2.29. The SMILES string of the molecule is CCOC(=O)c1c(NC(C)=O)sc2c1CC[NH+](C)C2. The van der Waals surface area contributed by atoms with Crippen LogP contribution in [-0.2, 0) is 22.5 Å². The molecule has 0 radical (unpaired) electrons. The van der Waals surface area contributed by atoms with E-state index in [9.17, 15) is 9.59 Å². The third-order valence-corrected chi connectivity index (χ3v) is 4.27. The van der Waals surface area contributed by atoms with Crippen LogP contribution in [0.4, 0.5) is 5.00 Å². The number of carbonyl (C=O) groups is 2. The second-order valence-electron chi connectivity index (χ2n) is 4.74. The molecule has 1 aromatic heterocycles. The summed E-state index contributed by atoms with van der Waals surface area (Å²) < 4.78 is 5.11. The van der Waals surface area contributed by atoms with Crippen LogP contribution >= 0.6 is 11.3 Å². The Kier molecular flexibility index (Phi) is 4.21. The van der Waals surface area contributed by atoms with Crippen molar-refractivity contribution in [2.75, 3.05) is 25.5 Å². The second-order valence-corrected chi connectivity index (χ2v) is 5.85. The molecule has 2 N–H and O–H groups in total. The molecule has 2 heterocycles. The van der Waals surface area contributed by atoms with Gasteiger partial charge < -0.3 is 15.0 Å². The lowest BCUT2D eigenvalue weighted by Gasteiger charge is -2.19. The van der Waals surface area contributed by atoms with Gasteiger partial charge in [-0.15, -0.1) is 11.3 Å². The first kappa shape index (κ1) is 14.0. The summed E-state index contributed by atoms with van der Waals surface area (Å²) in [4.78, 5) is 25.9. The van der Waals surface area contributed by atoms with Crippen molar-refractivity contribution in [3.8, 4) is 0 Å². The summed E-state index contributed by atoms with van der Waals surface area (Å²) in [5.74, 6) is -0.492. The van der Waals surface area contributed by atoms with Gasteiger partial charge in [0.25, 0.3) is 0 Å². The van der Waals surface area contributed by atoms with E-state index in [-0.39, 0.29) is 11.9 Å².